The van der Waals surface area contributed by atoms with Crippen LogP contribution in [-0.2, 0) is 6.42 Å². The summed E-state index contributed by atoms with van der Waals surface area (Å²) in [6.45, 7) is 8.00. The Morgan fingerprint density at radius 1 is 1.07 bits per heavy atom. The zero-order chi connectivity index (χ0) is 10.8. The minimum atomic E-state index is 0. The molecular weight excluding hydrogens is 170 g/mol. The monoisotopic (exact) mass is 193 g/mol. The van der Waals surface area contributed by atoms with Crippen LogP contribution in [0.15, 0.2) is 36.5 Å². The van der Waals surface area contributed by atoms with Gasteiger partial charge >= 0.3 is 0 Å². The van der Waals surface area contributed by atoms with Crippen molar-refractivity contribution >= 4 is 5.69 Å². The van der Waals surface area contributed by atoms with E-state index < -0.39 is 0 Å². The van der Waals surface area contributed by atoms with Gasteiger partial charge in [-0.15, -0.1) is 0 Å². The molecule has 1 aliphatic heterocycles. The van der Waals surface area contributed by atoms with Crippen molar-refractivity contribution in [1.82, 2.24) is 0 Å². The highest BCUT2D eigenvalue weighted by Gasteiger charge is 1.99. The Hall–Kier alpha value is -1.24. The van der Waals surface area contributed by atoms with Gasteiger partial charge in [0.1, 0.15) is 0 Å². The molecule has 0 saturated carbocycles. The Kier molecular flexibility index (Phi) is 7.62. The molecule has 0 amide bonds. The summed E-state index contributed by atoms with van der Waals surface area (Å²) in [6.07, 6.45) is 5.17. The van der Waals surface area contributed by atoms with Crippen LogP contribution in [0.4, 0.5) is 5.69 Å². The van der Waals surface area contributed by atoms with Crippen molar-refractivity contribution < 1.29 is 1.43 Å². The van der Waals surface area contributed by atoms with Crippen LogP contribution < -0.4 is 5.32 Å². The van der Waals surface area contributed by atoms with E-state index in [0.717, 1.165) is 6.42 Å². The summed E-state index contributed by atoms with van der Waals surface area (Å²) >= 11 is 0. The van der Waals surface area contributed by atoms with E-state index in [9.17, 15) is 0 Å². The second-order valence-corrected chi connectivity index (χ2v) is 2.41. The third-order valence-electron chi connectivity index (χ3n) is 1.71. The molecule has 0 spiro atoms. The number of anilines is 1. The SMILES string of the molecule is C1=CNc2ccccc2C1.CC.CC.[HH]. The van der Waals surface area contributed by atoms with Crippen molar-refractivity contribution in [3.63, 3.8) is 0 Å². The van der Waals surface area contributed by atoms with Crippen LogP contribution in [0, 0.1) is 0 Å². The van der Waals surface area contributed by atoms with Crippen molar-refractivity contribution in [2.75, 3.05) is 5.32 Å². The van der Waals surface area contributed by atoms with Crippen molar-refractivity contribution in [2.45, 2.75) is 34.1 Å². The zero-order valence-corrected chi connectivity index (χ0v) is 9.67. The molecule has 0 bridgehead atoms. The zero-order valence-electron chi connectivity index (χ0n) is 9.67. The number of hydrogen-bond acceptors (Lipinski definition) is 1. The van der Waals surface area contributed by atoms with E-state index >= 15 is 0 Å². The molecule has 0 saturated heterocycles. The fourth-order valence-electron chi connectivity index (χ4n) is 1.17. The molecule has 0 aliphatic carbocycles. The normalized spacial score (nSPS) is 10.9. The maximum atomic E-state index is 3.18. The van der Waals surface area contributed by atoms with E-state index in [0.29, 0.717) is 0 Å². The minimum Gasteiger partial charge on any atom is -0.362 e. The fourth-order valence-corrected chi connectivity index (χ4v) is 1.17. The fraction of sp³-hybridized carbons (Fsp3) is 0.385. The summed E-state index contributed by atoms with van der Waals surface area (Å²) in [5, 5.41) is 3.18. The van der Waals surface area contributed by atoms with Gasteiger partial charge in [0.05, 0.1) is 0 Å². The molecule has 2 rings (SSSR count). The molecule has 0 aromatic heterocycles. The predicted molar refractivity (Wildman–Crippen MR) is 67.7 cm³/mol. The van der Waals surface area contributed by atoms with E-state index in [4.69, 9.17) is 0 Å². The van der Waals surface area contributed by atoms with Gasteiger partial charge in [0.2, 0.25) is 0 Å². The van der Waals surface area contributed by atoms with Gasteiger partial charge < -0.3 is 5.32 Å². The number of fused-ring (bicyclic) bond motifs is 1. The number of hydrogen-bond donors (Lipinski definition) is 1. The van der Waals surface area contributed by atoms with Gasteiger partial charge in [-0.2, -0.15) is 0 Å². The number of nitrogens with one attached hydrogen (secondary N) is 1. The number of benzene rings is 1. The summed E-state index contributed by atoms with van der Waals surface area (Å²) in [5.74, 6) is 0. The van der Waals surface area contributed by atoms with Crippen molar-refractivity contribution in [1.29, 1.82) is 0 Å². The predicted octanol–water partition coefficient (Wildman–Crippen LogP) is 4.47. The van der Waals surface area contributed by atoms with Crippen LogP contribution in [0.3, 0.4) is 0 Å². The Morgan fingerprint density at radius 2 is 1.71 bits per heavy atom. The van der Waals surface area contributed by atoms with Crippen molar-refractivity contribution in [3.8, 4) is 0 Å². The van der Waals surface area contributed by atoms with Crippen molar-refractivity contribution in [2.24, 2.45) is 0 Å². The lowest BCUT2D eigenvalue weighted by Crippen LogP contribution is -1.98. The molecular formula is C13H23N. The second-order valence-electron chi connectivity index (χ2n) is 2.41. The minimum absolute atomic E-state index is 0. The van der Waals surface area contributed by atoms with Crippen molar-refractivity contribution in [3.05, 3.63) is 42.1 Å². The smallest absolute Gasteiger partial charge is 0.0415 e. The van der Waals surface area contributed by atoms with E-state index in [1.165, 1.54) is 11.3 Å². The maximum absolute atomic E-state index is 3.18. The topological polar surface area (TPSA) is 12.0 Å². The number of rotatable bonds is 0. The third kappa shape index (κ3) is 3.65. The molecule has 1 aliphatic rings. The second kappa shape index (κ2) is 8.36. The van der Waals surface area contributed by atoms with Crippen LogP contribution in [0.5, 0.6) is 0 Å². The van der Waals surface area contributed by atoms with E-state index in [2.05, 4.69) is 29.6 Å². The summed E-state index contributed by atoms with van der Waals surface area (Å²) in [6, 6.07) is 8.36. The summed E-state index contributed by atoms with van der Waals surface area (Å²) in [4.78, 5) is 0. The molecule has 0 unspecified atom stereocenters. The summed E-state index contributed by atoms with van der Waals surface area (Å²) < 4.78 is 0. The maximum Gasteiger partial charge on any atom is 0.0415 e. The molecule has 0 fully saturated rings. The molecule has 0 radical (unpaired) electrons. The Balaban J connectivity index is 0. The first-order chi connectivity index (χ1) is 6.97. The van der Waals surface area contributed by atoms with Crippen LogP contribution in [0.2, 0.25) is 0 Å². The lowest BCUT2D eigenvalue weighted by Gasteiger charge is -2.10. The largest absolute Gasteiger partial charge is 0.362 e. The molecule has 1 aromatic carbocycles. The lowest BCUT2D eigenvalue weighted by atomic mass is 10.1. The average molecular weight is 193 g/mol. The van der Waals surface area contributed by atoms with Crippen LogP contribution in [0.1, 0.15) is 34.7 Å². The molecule has 1 heteroatoms. The van der Waals surface area contributed by atoms with Crippen LogP contribution >= 0.6 is 0 Å². The molecule has 1 N–H and O–H groups in total. The molecule has 1 heterocycles. The summed E-state index contributed by atoms with van der Waals surface area (Å²) in [5.41, 5.74) is 2.62. The van der Waals surface area contributed by atoms with E-state index in [-0.39, 0.29) is 1.43 Å². The van der Waals surface area contributed by atoms with Gasteiger partial charge in [-0.3, -0.25) is 0 Å². The molecule has 0 atom stereocenters. The van der Waals surface area contributed by atoms with Gasteiger partial charge in [-0.1, -0.05) is 52.0 Å². The Bertz CT molecular complexity index is 242. The molecule has 80 valence electrons. The third-order valence-corrected chi connectivity index (χ3v) is 1.71. The lowest BCUT2D eigenvalue weighted by molar-refractivity contribution is 1.22. The quantitative estimate of drug-likeness (QED) is 0.641. The molecule has 1 aromatic rings. The van der Waals surface area contributed by atoms with Gasteiger partial charge in [-0.05, 0) is 24.3 Å². The van der Waals surface area contributed by atoms with Gasteiger partial charge in [0, 0.05) is 7.11 Å². The van der Waals surface area contributed by atoms with Crippen LogP contribution in [0.25, 0.3) is 0 Å². The van der Waals surface area contributed by atoms with Gasteiger partial charge in [-0.25, -0.2) is 0 Å². The summed E-state index contributed by atoms with van der Waals surface area (Å²) in [7, 11) is 0. The van der Waals surface area contributed by atoms with Gasteiger partial charge in [0.15, 0.2) is 0 Å². The highest BCUT2D eigenvalue weighted by molar-refractivity contribution is 5.55. The highest BCUT2D eigenvalue weighted by Crippen LogP contribution is 2.18. The standard InChI is InChI=1S/C9H9N.2C2H6.H2/c1-2-6-9-8(4-1)5-3-7-10-9;2*1-2;/h1-4,6-7,10H,5H2;2*1-2H3;1H. The Labute approximate surface area is 89.3 Å². The van der Waals surface area contributed by atoms with Gasteiger partial charge in [0.25, 0.3) is 0 Å². The number of allylic oxidation sites excluding steroid dienone is 1. The molecule has 14 heavy (non-hydrogen) atoms. The first kappa shape index (κ1) is 12.8. The number of para-hydroxylation sites is 1. The molecule has 1 nitrogen and oxygen atoms in total. The highest BCUT2D eigenvalue weighted by atomic mass is 14.8. The van der Waals surface area contributed by atoms with Crippen LogP contribution in [-0.4, -0.2) is 0 Å². The van der Waals surface area contributed by atoms with E-state index in [1.807, 2.05) is 40.0 Å². The first-order valence-electron chi connectivity index (χ1n) is 5.46. The van der Waals surface area contributed by atoms with E-state index in [1.54, 1.807) is 0 Å². The Morgan fingerprint density at radius 3 is 2.36 bits per heavy atom. The average Bonchev–Trinajstić information content (AvgIpc) is 2.34. The first-order valence-corrected chi connectivity index (χ1v) is 5.46.